The van der Waals surface area contributed by atoms with E-state index in [0.717, 1.165) is 38.4 Å². The molecule has 1 fully saturated rings. The molecule has 1 unspecified atom stereocenters. The zero-order valence-electron chi connectivity index (χ0n) is 11.6. The highest BCUT2D eigenvalue weighted by Crippen LogP contribution is 2.26. The van der Waals surface area contributed by atoms with Gasteiger partial charge in [0.2, 0.25) is 5.91 Å². The lowest BCUT2D eigenvalue weighted by Gasteiger charge is -2.30. The Hall–Kier alpha value is -1.09. The third kappa shape index (κ3) is 4.50. The highest BCUT2D eigenvalue weighted by Gasteiger charge is 2.35. The molecule has 0 aliphatic heterocycles. The normalized spacial score (nSPS) is 21.5. The van der Waals surface area contributed by atoms with Crippen LogP contribution >= 0.6 is 0 Å². The van der Waals surface area contributed by atoms with Crippen molar-refractivity contribution in [3.63, 3.8) is 0 Å². The average Bonchev–Trinajstić information content (AvgIpc) is 2.30. The number of nitrogens with zero attached hydrogens (tertiary/aromatic N) is 1. The van der Waals surface area contributed by atoms with Crippen molar-refractivity contribution in [2.75, 3.05) is 6.26 Å². The Morgan fingerprint density at radius 2 is 1.68 bits per heavy atom. The molecular formula is C13H22N2O3S. The first-order chi connectivity index (χ1) is 8.81. The molecule has 1 amide bonds. The van der Waals surface area contributed by atoms with Gasteiger partial charge in [0.1, 0.15) is 10.8 Å². The summed E-state index contributed by atoms with van der Waals surface area (Å²) in [4.78, 5) is 12.0. The summed E-state index contributed by atoms with van der Waals surface area (Å²) < 4.78 is 22.8. The Labute approximate surface area is 115 Å². The van der Waals surface area contributed by atoms with Crippen molar-refractivity contribution in [1.29, 1.82) is 5.26 Å². The van der Waals surface area contributed by atoms with Crippen molar-refractivity contribution >= 4 is 15.7 Å². The van der Waals surface area contributed by atoms with Crippen molar-refractivity contribution < 1.29 is 13.2 Å². The maximum absolute atomic E-state index is 12.0. The van der Waals surface area contributed by atoms with E-state index in [1.54, 1.807) is 0 Å². The molecule has 0 aromatic rings. The number of carbonyl (C=O) groups excluding carboxylic acids is 1. The van der Waals surface area contributed by atoms with Crippen LogP contribution in [0.5, 0.6) is 0 Å². The molecule has 0 spiro atoms. The summed E-state index contributed by atoms with van der Waals surface area (Å²) in [6.07, 6.45) is 7.30. The van der Waals surface area contributed by atoms with Crippen LogP contribution in [-0.2, 0) is 14.6 Å². The van der Waals surface area contributed by atoms with E-state index in [9.17, 15) is 18.5 Å². The number of hydrogen-bond acceptors (Lipinski definition) is 4. The molecule has 1 rings (SSSR count). The third-order valence-electron chi connectivity index (χ3n) is 3.80. The SMILES string of the molecule is CC(C(=O)NC1(C#N)CCCCCCC1)S(C)(=O)=O. The Morgan fingerprint density at radius 3 is 2.11 bits per heavy atom. The molecule has 0 saturated heterocycles. The molecule has 108 valence electrons. The van der Waals surface area contributed by atoms with Crippen molar-refractivity contribution in [2.45, 2.75) is 62.7 Å². The van der Waals surface area contributed by atoms with Gasteiger partial charge in [-0.2, -0.15) is 5.26 Å². The molecule has 19 heavy (non-hydrogen) atoms. The summed E-state index contributed by atoms with van der Waals surface area (Å²) in [6, 6.07) is 2.20. The van der Waals surface area contributed by atoms with Gasteiger partial charge in [-0.15, -0.1) is 0 Å². The molecule has 1 aliphatic rings. The van der Waals surface area contributed by atoms with Crippen molar-refractivity contribution in [1.82, 2.24) is 5.32 Å². The van der Waals surface area contributed by atoms with Crippen LogP contribution in [0.4, 0.5) is 0 Å². The number of nitrogens with one attached hydrogen (secondary N) is 1. The van der Waals surface area contributed by atoms with E-state index in [1.807, 2.05) is 0 Å². The summed E-state index contributed by atoms with van der Waals surface area (Å²) in [5.74, 6) is -0.565. The summed E-state index contributed by atoms with van der Waals surface area (Å²) in [7, 11) is -3.43. The van der Waals surface area contributed by atoms with Crippen LogP contribution in [-0.4, -0.2) is 31.4 Å². The standard InChI is InChI=1S/C13H22N2O3S/c1-11(19(2,17)18)12(16)15-13(10-14)8-6-4-3-5-7-9-13/h11H,3-9H2,1-2H3,(H,15,16). The minimum atomic E-state index is -3.43. The fourth-order valence-corrected chi connectivity index (χ4v) is 2.75. The maximum atomic E-state index is 12.0. The van der Waals surface area contributed by atoms with Gasteiger partial charge in [-0.3, -0.25) is 4.79 Å². The first-order valence-electron chi connectivity index (χ1n) is 6.73. The molecule has 0 bridgehead atoms. The second-order valence-electron chi connectivity index (χ2n) is 5.42. The molecule has 1 saturated carbocycles. The van der Waals surface area contributed by atoms with Gasteiger partial charge in [0, 0.05) is 6.26 Å². The molecule has 0 aromatic heterocycles. The molecule has 6 heteroatoms. The van der Waals surface area contributed by atoms with Crippen molar-refractivity contribution in [3.8, 4) is 6.07 Å². The van der Waals surface area contributed by atoms with Crippen LogP contribution < -0.4 is 5.32 Å². The smallest absolute Gasteiger partial charge is 0.239 e. The van der Waals surface area contributed by atoms with E-state index in [4.69, 9.17) is 0 Å². The molecule has 1 atom stereocenters. The number of amides is 1. The zero-order valence-corrected chi connectivity index (χ0v) is 12.4. The second-order valence-corrected chi connectivity index (χ2v) is 7.79. The van der Waals surface area contributed by atoms with E-state index in [0.29, 0.717) is 12.8 Å². The highest BCUT2D eigenvalue weighted by atomic mass is 32.2. The molecule has 0 heterocycles. The summed E-state index contributed by atoms with van der Waals surface area (Å²) in [5.41, 5.74) is -0.892. The number of hydrogen-bond donors (Lipinski definition) is 1. The first kappa shape index (κ1) is 16.0. The van der Waals surface area contributed by atoms with Gasteiger partial charge in [0.15, 0.2) is 9.84 Å². The van der Waals surface area contributed by atoms with Gasteiger partial charge < -0.3 is 5.32 Å². The highest BCUT2D eigenvalue weighted by molar-refractivity contribution is 7.92. The lowest BCUT2D eigenvalue weighted by Crippen LogP contribution is -2.52. The predicted molar refractivity (Wildman–Crippen MR) is 73.1 cm³/mol. The van der Waals surface area contributed by atoms with E-state index >= 15 is 0 Å². The van der Waals surface area contributed by atoms with Crippen molar-refractivity contribution in [2.24, 2.45) is 0 Å². The van der Waals surface area contributed by atoms with E-state index < -0.39 is 26.5 Å². The third-order valence-corrected chi connectivity index (χ3v) is 5.29. The lowest BCUT2D eigenvalue weighted by atomic mass is 9.85. The van der Waals surface area contributed by atoms with Crippen LogP contribution in [0, 0.1) is 11.3 Å². The fraction of sp³-hybridized carbons (Fsp3) is 0.846. The molecule has 0 aromatic carbocycles. The summed E-state index contributed by atoms with van der Waals surface area (Å²) >= 11 is 0. The minimum absolute atomic E-state index is 0.565. The van der Waals surface area contributed by atoms with Gasteiger partial charge in [0.25, 0.3) is 0 Å². The first-order valence-corrected chi connectivity index (χ1v) is 8.68. The largest absolute Gasteiger partial charge is 0.337 e. The van der Waals surface area contributed by atoms with Crippen LogP contribution in [0.2, 0.25) is 0 Å². The number of sulfone groups is 1. The Morgan fingerprint density at radius 1 is 1.21 bits per heavy atom. The van der Waals surface area contributed by atoms with Crippen LogP contribution in [0.15, 0.2) is 0 Å². The van der Waals surface area contributed by atoms with Crippen molar-refractivity contribution in [3.05, 3.63) is 0 Å². The van der Waals surface area contributed by atoms with E-state index in [2.05, 4.69) is 11.4 Å². The van der Waals surface area contributed by atoms with Crippen LogP contribution in [0.1, 0.15) is 51.9 Å². The molecule has 5 nitrogen and oxygen atoms in total. The average molecular weight is 286 g/mol. The van der Waals surface area contributed by atoms with E-state index in [-0.39, 0.29) is 0 Å². The Kier molecular flexibility index (Phi) is 5.36. The van der Waals surface area contributed by atoms with Gasteiger partial charge in [0.05, 0.1) is 6.07 Å². The molecule has 1 aliphatic carbocycles. The van der Waals surface area contributed by atoms with E-state index in [1.165, 1.54) is 6.92 Å². The number of rotatable bonds is 3. The topological polar surface area (TPSA) is 87.0 Å². The lowest BCUT2D eigenvalue weighted by molar-refractivity contribution is -0.122. The number of nitriles is 1. The van der Waals surface area contributed by atoms with Gasteiger partial charge in [-0.05, 0) is 19.8 Å². The summed E-state index contributed by atoms with van der Waals surface area (Å²) in [6.45, 7) is 1.36. The predicted octanol–water partition coefficient (Wildman–Crippen LogP) is 1.54. The second kappa shape index (κ2) is 6.38. The van der Waals surface area contributed by atoms with Gasteiger partial charge in [-0.25, -0.2) is 8.42 Å². The summed E-state index contributed by atoms with van der Waals surface area (Å²) in [5, 5.41) is 10.9. The molecular weight excluding hydrogens is 264 g/mol. The van der Waals surface area contributed by atoms with Gasteiger partial charge in [-0.1, -0.05) is 32.1 Å². The molecule has 1 N–H and O–H groups in total. The quantitative estimate of drug-likeness (QED) is 0.852. The number of carbonyl (C=O) groups is 1. The Balaban J connectivity index is 2.80. The zero-order chi connectivity index (χ0) is 14.5. The monoisotopic (exact) mass is 286 g/mol. The maximum Gasteiger partial charge on any atom is 0.239 e. The fourth-order valence-electron chi connectivity index (χ4n) is 2.31. The Bertz CT molecular complexity index is 457. The molecule has 0 radical (unpaired) electrons. The van der Waals surface area contributed by atoms with Crippen LogP contribution in [0.3, 0.4) is 0 Å². The van der Waals surface area contributed by atoms with Crippen LogP contribution in [0.25, 0.3) is 0 Å². The minimum Gasteiger partial charge on any atom is -0.337 e. The van der Waals surface area contributed by atoms with Gasteiger partial charge >= 0.3 is 0 Å².